The molecule has 0 atom stereocenters. The van der Waals surface area contributed by atoms with Gasteiger partial charge in [-0.2, -0.15) is 0 Å². The van der Waals surface area contributed by atoms with Gasteiger partial charge in [0.25, 0.3) is 10.0 Å². The molecule has 0 saturated heterocycles. The van der Waals surface area contributed by atoms with Gasteiger partial charge in [-0.15, -0.1) is 0 Å². The molecule has 0 bridgehead atoms. The van der Waals surface area contributed by atoms with Gasteiger partial charge in [-0.1, -0.05) is 29.4 Å². The Morgan fingerprint density at radius 3 is 2.57 bits per heavy atom. The van der Waals surface area contributed by atoms with Crippen LogP contribution in [0.2, 0.25) is 0 Å². The summed E-state index contributed by atoms with van der Waals surface area (Å²) in [7, 11) is -3.94. The molecule has 0 radical (unpaired) electrons. The first-order valence-electron chi connectivity index (χ1n) is 9.18. The van der Waals surface area contributed by atoms with Gasteiger partial charge in [0.2, 0.25) is 11.8 Å². The van der Waals surface area contributed by atoms with Gasteiger partial charge >= 0.3 is 0 Å². The zero-order valence-electron chi connectivity index (χ0n) is 16.4. The summed E-state index contributed by atoms with van der Waals surface area (Å²) < 4.78 is 39.3. The molecule has 30 heavy (non-hydrogen) atoms. The predicted molar refractivity (Wildman–Crippen MR) is 112 cm³/mol. The summed E-state index contributed by atoms with van der Waals surface area (Å²) in [6, 6.07) is 12.2. The highest BCUT2D eigenvalue weighted by molar-refractivity contribution is 7.92. The van der Waals surface area contributed by atoms with E-state index < -0.39 is 10.0 Å². The van der Waals surface area contributed by atoms with Crippen LogP contribution in [0.15, 0.2) is 68.8 Å². The number of nitrogens with two attached hydrogens (primary N) is 1. The second-order valence-corrected chi connectivity index (χ2v) is 8.39. The Morgan fingerprint density at radius 2 is 1.90 bits per heavy atom. The van der Waals surface area contributed by atoms with Crippen molar-refractivity contribution < 1.29 is 17.4 Å². The van der Waals surface area contributed by atoms with Crippen LogP contribution in [-0.2, 0) is 16.6 Å². The van der Waals surface area contributed by atoms with Crippen LogP contribution in [0, 0.1) is 13.8 Å². The lowest BCUT2D eigenvalue weighted by Crippen LogP contribution is -2.14. The first-order valence-corrected chi connectivity index (χ1v) is 10.7. The average molecular weight is 424 g/mol. The van der Waals surface area contributed by atoms with E-state index in [-0.39, 0.29) is 17.3 Å². The third-order valence-electron chi connectivity index (χ3n) is 4.86. The molecule has 4 aromatic rings. The zero-order chi connectivity index (χ0) is 21.3. The molecule has 154 valence electrons. The van der Waals surface area contributed by atoms with Crippen LogP contribution >= 0.6 is 0 Å². The first-order chi connectivity index (χ1) is 14.4. The minimum atomic E-state index is -3.94. The van der Waals surface area contributed by atoms with Crippen molar-refractivity contribution in [3.63, 3.8) is 0 Å². The Hall–Kier alpha value is -3.43. The maximum atomic E-state index is 13.2. The average Bonchev–Trinajstić information content (AvgIpc) is 3.39. The number of benzene rings is 2. The van der Waals surface area contributed by atoms with Gasteiger partial charge in [-0.3, -0.25) is 0 Å². The number of nitrogens with one attached hydrogen (secondary N) is 1. The number of aromatic nitrogens is 2. The maximum Gasteiger partial charge on any atom is 0.264 e. The predicted octanol–water partition coefficient (Wildman–Crippen LogP) is 3.87. The molecule has 0 amide bonds. The SMILES string of the molecule is Cc1noc(NS(=O)(=O)c2ccccc2-c2ccc(-c3ncco3)cc2CN)c1C. The summed E-state index contributed by atoms with van der Waals surface area (Å²) in [6.07, 6.45) is 3.05. The van der Waals surface area contributed by atoms with E-state index >= 15 is 0 Å². The summed E-state index contributed by atoms with van der Waals surface area (Å²) >= 11 is 0. The van der Waals surface area contributed by atoms with Crippen molar-refractivity contribution in [3.8, 4) is 22.6 Å². The van der Waals surface area contributed by atoms with Crippen molar-refractivity contribution in [2.24, 2.45) is 5.73 Å². The highest BCUT2D eigenvalue weighted by Crippen LogP contribution is 2.33. The highest BCUT2D eigenvalue weighted by Gasteiger charge is 2.23. The summed E-state index contributed by atoms with van der Waals surface area (Å²) in [4.78, 5) is 4.26. The molecule has 0 spiro atoms. The third kappa shape index (κ3) is 3.60. The Kier molecular flexibility index (Phi) is 5.15. The van der Waals surface area contributed by atoms with Gasteiger partial charge in [0.1, 0.15) is 6.26 Å². The van der Waals surface area contributed by atoms with E-state index in [4.69, 9.17) is 14.7 Å². The lowest BCUT2D eigenvalue weighted by molar-refractivity contribution is 0.430. The van der Waals surface area contributed by atoms with E-state index in [0.29, 0.717) is 28.3 Å². The van der Waals surface area contributed by atoms with Crippen LogP contribution in [-0.4, -0.2) is 18.6 Å². The number of hydrogen-bond acceptors (Lipinski definition) is 7. The molecule has 2 aromatic heterocycles. The zero-order valence-corrected chi connectivity index (χ0v) is 17.2. The molecular weight excluding hydrogens is 404 g/mol. The fraction of sp³-hybridized carbons (Fsp3) is 0.143. The molecule has 9 heteroatoms. The Bertz CT molecular complexity index is 1290. The molecule has 2 heterocycles. The molecule has 0 aliphatic heterocycles. The van der Waals surface area contributed by atoms with Crippen molar-refractivity contribution in [3.05, 3.63) is 71.7 Å². The molecule has 0 fully saturated rings. The number of sulfonamides is 1. The van der Waals surface area contributed by atoms with E-state index in [9.17, 15) is 8.42 Å². The van der Waals surface area contributed by atoms with Crippen molar-refractivity contribution in [1.29, 1.82) is 0 Å². The second kappa shape index (κ2) is 7.77. The summed E-state index contributed by atoms with van der Waals surface area (Å²) in [6.45, 7) is 3.70. The number of nitrogens with zero attached hydrogens (tertiary/aromatic N) is 2. The van der Waals surface area contributed by atoms with Crippen LogP contribution < -0.4 is 10.5 Å². The number of oxazole rings is 1. The molecule has 0 aliphatic rings. The summed E-state index contributed by atoms with van der Waals surface area (Å²) in [5.41, 5.74) is 9.99. The van der Waals surface area contributed by atoms with E-state index in [1.165, 1.54) is 6.26 Å². The number of aryl methyl sites for hydroxylation is 1. The van der Waals surface area contributed by atoms with Gasteiger partial charge in [-0.05, 0) is 43.2 Å². The topological polar surface area (TPSA) is 124 Å². The lowest BCUT2D eigenvalue weighted by atomic mass is 9.97. The van der Waals surface area contributed by atoms with E-state index in [1.54, 1.807) is 44.3 Å². The molecule has 2 aromatic carbocycles. The maximum absolute atomic E-state index is 13.2. The number of anilines is 1. The fourth-order valence-corrected chi connectivity index (χ4v) is 4.41. The standard InChI is InChI=1S/C21H20N4O4S/c1-13-14(2)24-29-20(13)25-30(26,27)19-6-4-3-5-18(19)17-8-7-15(11-16(17)12-22)21-23-9-10-28-21/h3-11,25H,12,22H2,1-2H3. The summed E-state index contributed by atoms with van der Waals surface area (Å²) in [5, 5.41) is 3.80. The van der Waals surface area contributed by atoms with E-state index in [0.717, 1.165) is 11.1 Å². The van der Waals surface area contributed by atoms with Crippen LogP contribution in [0.1, 0.15) is 16.8 Å². The van der Waals surface area contributed by atoms with Gasteiger partial charge in [0.15, 0.2) is 0 Å². The van der Waals surface area contributed by atoms with E-state index in [2.05, 4.69) is 14.9 Å². The molecule has 4 rings (SSSR count). The first kappa shape index (κ1) is 19.9. The smallest absolute Gasteiger partial charge is 0.264 e. The Morgan fingerprint density at radius 1 is 1.10 bits per heavy atom. The third-order valence-corrected chi connectivity index (χ3v) is 6.24. The van der Waals surface area contributed by atoms with Gasteiger partial charge in [0.05, 0.1) is 16.8 Å². The second-order valence-electron chi connectivity index (χ2n) is 6.74. The van der Waals surface area contributed by atoms with Crippen LogP contribution in [0.5, 0.6) is 0 Å². The Labute approximate surface area is 173 Å². The van der Waals surface area contributed by atoms with Crippen LogP contribution in [0.3, 0.4) is 0 Å². The van der Waals surface area contributed by atoms with Crippen molar-refractivity contribution >= 4 is 15.9 Å². The monoisotopic (exact) mass is 424 g/mol. The van der Waals surface area contributed by atoms with Gasteiger partial charge in [0, 0.05) is 23.2 Å². The fourth-order valence-electron chi connectivity index (χ4n) is 3.14. The molecule has 0 unspecified atom stereocenters. The van der Waals surface area contributed by atoms with Gasteiger partial charge < -0.3 is 14.7 Å². The largest absolute Gasteiger partial charge is 0.445 e. The van der Waals surface area contributed by atoms with Crippen molar-refractivity contribution in [1.82, 2.24) is 10.1 Å². The van der Waals surface area contributed by atoms with Gasteiger partial charge in [-0.25, -0.2) is 18.1 Å². The molecule has 0 aliphatic carbocycles. The molecular formula is C21H20N4O4S. The Balaban J connectivity index is 1.79. The normalized spacial score (nSPS) is 11.6. The van der Waals surface area contributed by atoms with Crippen molar-refractivity contribution in [2.75, 3.05) is 4.72 Å². The highest BCUT2D eigenvalue weighted by atomic mass is 32.2. The van der Waals surface area contributed by atoms with Crippen LogP contribution in [0.25, 0.3) is 22.6 Å². The number of rotatable bonds is 6. The molecule has 0 saturated carbocycles. The summed E-state index contributed by atoms with van der Waals surface area (Å²) in [5.74, 6) is 0.565. The molecule has 3 N–H and O–H groups in total. The quantitative estimate of drug-likeness (QED) is 0.481. The lowest BCUT2D eigenvalue weighted by Gasteiger charge is -2.14. The van der Waals surface area contributed by atoms with Crippen molar-refractivity contribution in [2.45, 2.75) is 25.3 Å². The minimum absolute atomic E-state index is 0.0978. The minimum Gasteiger partial charge on any atom is -0.445 e. The molecule has 8 nitrogen and oxygen atoms in total. The number of hydrogen-bond donors (Lipinski definition) is 2. The van der Waals surface area contributed by atoms with E-state index in [1.807, 2.05) is 18.2 Å². The van der Waals surface area contributed by atoms with Crippen LogP contribution in [0.4, 0.5) is 5.88 Å².